The van der Waals surface area contributed by atoms with Gasteiger partial charge in [-0.15, -0.1) is 0 Å². The Morgan fingerprint density at radius 1 is 1.29 bits per heavy atom. The molecule has 5 heteroatoms. The first kappa shape index (κ1) is 16.3. The van der Waals surface area contributed by atoms with Crippen LogP contribution in [-0.4, -0.2) is 29.8 Å². The van der Waals surface area contributed by atoms with E-state index in [1.54, 1.807) is 6.20 Å². The average molecular weight is 324 g/mol. The summed E-state index contributed by atoms with van der Waals surface area (Å²) in [5, 5.41) is 7.32. The van der Waals surface area contributed by atoms with E-state index >= 15 is 0 Å². The number of rotatable bonds is 6. The summed E-state index contributed by atoms with van der Waals surface area (Å²) < 4.78 is 1.83. The lowest BCUT2D eigenvalue weighted by atomic mass is 10.1. The van der Waals surface area contributed by atoms with Gasteiger partial charge in [-0.05, 0) is 36.5 Å². The molecule has 1 unspecified atom stereocenters. The molecule has 126 valence electrons. The van der Waals surface area contributed by atoms with Crippen LogP contribution in [0.15, 0.2) is 48.7 Å². The van der Waals surface area contributed by atoms with E-state index in [1.165, 1.54) is 0 Å². The van der Waals surface area contributed by atoms with E-state index in [0.717, 1.165) is 29.9 Å². The van der Waals surface area contributed by atoms with E-state index in [-0.39, 0.29) is 5.91 Å². The third-order valence-electron chi connectivity index (χ3n) is 4.33. The van der Waals surface area contributed by atoms with Crippen molar-refractivity contribution in [1.29, 1.82) is 0 Å². The van der Waals surface area contributed by atoms with Gasteiger partial charge in [0, 0.05) is 32.3 Å². The zero-order valence-electron chi connectivity index (χ0n) is 14.3. The molecule has 1 N–H and O–H groups in total. The number of nitrogens with zero attached hydrogens (tertiary/aromatic N) is 3. The van der Waals surface area contributed by atoms with Crippen molar-refractivity contribution in [3.05, 3.63) is 54.2 Å². The van der Waals surface area contributed by atoms with Crippen molar-refractivity contribution in [3.63, 3.8) is 0 Å². The average Bonchev–Trinajstić information content (AvgIpc) is 3.20. The summed E-state index contributed by atoms with van der Waals surface area (Å²) in [6.45, 7) is 0.639. The highest BCUT2D eigenvalue weighted by Gasteiger charge is 2.15. The van der Waals surface area contributed by atoms with E-state index in [4.69, 9.17) is 0 Å². The molecule has 0 radical (unpaired) electrons. The van der Waals surface area contributed by atoms with Crippen LogP contribution in [-0.2, 0) is 11.3 Å². The number of hydrogen-bond donors (Lipinski definition) is 1. The fourth-order valence-electron chi connectivity index (χ4n) is 2.93. The van der Waals surface area contributed by atoms with Crippen LogP contribution in [0.3, 0.4) is 0 Å². The maximum atomic E-state index is 12.2. The Labute approximate surface area is 143 Å². The Bertz CT molecular complexity index is 715. The van der Waals surface area contributed by atoms with Crippen LogP contribution in [0.25, 0.3) is 0 Å². The van der Waals surface area contributed by atoms with E-state index in [1.807, 2.05) is 24.8 Å². The van der Waals surface area contributed by atoms with Crippen molar-refractivity contribution < 1.29 is 4.79 Å². The molecular formula is C19H24N4O. The summed E-state index contributed by atoms with van der Waals surface area (Å²) in [4.78, 5) is 14.3. The molecule has 1 aliphatic carbocycles. The predicted molar refractivity (Wildman–Crippen MR) is 97.2 cm³/mol. The lowest BCUT2D eigenvalue weighted by Gasteiger charge is -2.14. The van der Waals surface area contributed by atoms with Gasteiger partial charge in [0.05, 0.1) is 12.7 Å². The number of amides is 1. The van der Waals surface area contributed by atoms with Gasteiger partial charge >= 0.3 is 0 Å². The first-order valence-electron chi connectivity index (χ1n) is 8.36. The first-order valence-corrected chi connectivity index (χ1v) is 8.36. The van der Waals surface area contributed by atoms with Gasteiger partial charge in [0.1, 0.15) is 5.82 Å². The van der Waals surface area contributed by atoms with Crippen LogP contribution in [0.2, 0.25) is 0 Å². The Morgan fingerprint density at radius 3 is 2.75 bits per heavy atom. The molecule has 5 nitrogen and oxygen atoms in total. The SMILES string of the molecule is CN(C)c1ccc(Cn2nccc2NC(=O)CC2C=CCC2)cc1. The highest BCUT2D eigenvalue weighted by molar-refractivity contribution is 5.90. The number of nitrogens with one attached hydrogen (secondary N) is 1. The fourth-order valence-corrected chi connectivity index (χ4v) is 2.93. The Kier molecular flexibility index (Phi) is 4.99. The molecule has 0 fully saturated rings. The predicted octanol–water partition coefficient (Wildman–Crippen LogP) is 3.29. The molecule has 0 spiro atoms. The highest BCUT2D eigenvalue weighted by Crippen LogP contribution is 2.21. The second-order valence-corrected chi connectivity index (χ2v) is 6.45. The first-order chi connectivity index (χ1) is 11.6. The second-order valence-electron chi connectivity index (χ2n) is 6.45. The van der Waals surface area contributed by atoms with Crippen LogP contribution in [0.4, 0.5) is 11.5 Å². The van der Waals surface area contributed by atoms with Gasteiger partial charge in [-0.1, -0.05) is 24.3 Å². The molecule has 1 aromatic carbocycles. The molecule has 1 atom stereocenters. The number of aromatic nitrogens is 2. The van der Waals surface area contributed by atoms with Crippen molar-refractivity contribution in [2.24, 2.45) is 5.92 Å². The lowest BCUT2D eigenvalue weighted by Crippen LogP contribution is -2.18. The van der Waals surface area contributed by atoms with Crippen molar-refractivity contribution in [3.8, 4) is 0 Å². The standard InChI is InChI=1S/C19H24N4O/c1-22(2)17-9-7-16(8-10-17)14-23-18(11-12-20-23)21-19(24)13-15-5-3-4-6-15/h3,5,7-12,15H,4,6,13-14H2,1-2H3,(H,21,24). The fraction of sp³-hybridized carbons (Fsp3) is 0.368. The molecule has 1 heterocycles. The Hall–Kier alpha value is -2.56. The van der Waals surface area contributed by atoms with Gasteiger partial charge in [-0.25, -0.2) is 4.68 Å². The molecular weight excluding hydrogens is 300 g/mol. The zero-order valence-corrected chi connectivity index (χ0v) is 14.3. The smallest absolute Gasteiger partial charge is 0.226 e. The number of carbonyl (C=O) groups excluding carboxylic acids is 1. The van der Waals surface area contributed by atoms with Crippen LogP contribution >= 0.6 is 0 Å². The number of carbonyl (C=O) groups is 1. The highest BCUT2D eigenvalue weighted by atomic mass is 16.1. The summed E-state index contributed by atoms with van der Waals surface area (Å²) in [6, 6.07) is 10.2. The molecule has 0 saturated heterocycles. The van der Waals surface area contributed by atoms with Crippen molar-refractivity contribution in [1.82, 2.24) is 9.78 Å². The van der Waals surface area contributed by atoms with Crippen LogP contribution in [0.1, 0.15) is 24.8 Å². The van der Waals surface area contributed by atoms with Crippen molar-refractivity contribution in [2.45, 2.75) is 25.8 Å². The van der Waals surface area contributed by atoms with Gasteiger partial charge in [0.15, 0.2) is 0 Å². The summed E-state index contributed by atoms with van der Waals surface area (Å²) in [6.07, 6.45) is 8.71. The van der Waals surface area contributed by atoms with Gasteiger partial charge in [0.2, 0.25) is 5.91 Å². The number of hydrogen-bond acceptors (Lipinski definition) is 3. The van der Waals surface area contributed by atoms with E-state index in [9.17, 15) is 4.79 Å². The normalized spacial score (nSPS) is 16.3. The molecule has 0 aliphatic heterocycles. The largest absolute Gasteiger partial charge is 0.378 e. The minimum atomic E-state index is 0.0521. The van der Waals surface area contributed by atoms with E-state index in [0.29, 0.717) is 18.9 Å². The van der Waals surface area contributed by atoms with Gasteiger partial charge in [-0.3, -0.25) is 4.79 Å². The molecule has 1 aromatic heterocycles. The quantitative estimate of drug-likeness (QED) is 0.830. The number of allylic oxidation sites excluding steroid dienone is 2. The summed E-state index contributed by atoms with van der Waals surface area (Å²) >= 11 is 0. The Balaban J connectivity index is 1.62. The topological polar surface area (TPSA) is 50.2 Å². The van der Waals surface area contributed by atoms with E-state index in [2.05, 4.69) is 51.7 Å². The molecule has 1 aliphatic rings. The second kappa shape index (κ2) is 7.34. The van der Waals surface area contributed by atoms with Crippen LogP contribution in [0.5, 0.6) is 0 Å². The molecule has 3 rings (SSSR count). The van der Waals surface area contributed by atoms with Gasteiger partial charge < -0.3 is 10.2 Å². The number of anilines is 2. The third-order valence-corrected chi connectivity index (χ3v) is 4.33. The van der Waals surface area contributed by atoms with Crippen molar-refractivity contribution >= 4 is 17.4 Å². The summed E-state index contributed by atoms with van der Waals surface area (Å²) in [5.41, 5.74) is 2.32. The molecule has 1 amide bonds. The maximum Gasteiger partial charge on any atom is 0.226 e. The minimum Gasteiger partial charge on any atom is -0.378 e. The van der Waals surface area contributed by atoms with Crippen LogP contribution < -0.4 is 10.2 Å². The Morgan fingerprint density at radius 2 is 2.08 bits per heavy atom. The van der Waals surface area contributed by atoms with Crippen LogP contribution in [0, 0.1) is 5.92 Å². The molecule has 24 heavy (non-hydrogen) atoms. The molecule has 2 aromatic rings. The maximum absolute atomic E-state index is 12.2. The van der Waals surface area contributed by atoms with Gasteiger partial charge in [0.25, 0.3) is 0 Å². The lowest BCUT2D eigenvalue weighted by molar-refractivity contribution is -0.116. The van der Waals surface area contributed by atoms with Crippen molar-refractivity contribution in [2.75, 3.05) is 24.3 Å². The zero-order chi connectivity index (χ0) is 16.9. The monoisotopic (exact) mass is 324 g/mol. The summed E-state index contributed by atoms with van der Waals surface area (Å²) in [7, 11) is 4.05. The third kappa shape index (κ3) is 4.04. The van der Waals surface area contributed by atoms with E-state index < -0.39 is 0 Å². The summed E-state index contributed by atoms with van der Waals surface area (Å²) in [5.74, 6) is 1.18. The van der Waals surface area contributed by atoms with Gasteiger partial charge in [-0.2, -0.15) is 5.10 Å². The number of benzene rings is 1. The minimum absolute atomic E-state index is 0.0521. The molecule has 0 saturated carbocycles. The molecule has 0 bridgehead atoms.